The van der Waals surface area contributed by atoms with Crippen molar-refractivity contribution < 1.29 is 14.6 Å². The monoisotopic (exact) mass is 484 g/mol. The van der Waals surface area contributed by atoms with Gasteiger partial charge in [-0.25, -0.2) is 4.79 Å². The molecule has 0 amide bonds. The summed E-state index contributed by atoms with van der Waals surface area (Å²) in [5, 5.41) is 10.9. The predicted octanol–water partition coefficient (Wildman–Crippen LogP) is 3.50. The number of H-pyrrole nitrogens is 1. The molecule has 7 nitrogen and oxygen atoms in total. The lowest BCUT2D eigenvalue weighted by atomic mass is 9.80. The van der Waals surface area contributed by atoms with E-state index in [4.69, 9.17) is 9.47 Å². The molecule has 36 heavy (non-hydrogen) atoms. The van der Waals surface area contributed by atoms with Gasteiger partial charge in [-0.3, -0.25) is 14.3 Å². The topological polar surface area (TPSA) is 93.6 Å². The number of aromatic amines is 1. The zero-order valence-electron chi connectivity index (χ0n) is 19.9. The second-order valence-corrected chi connectivity index (χ2v) is 9.00. The summed E-state index contributed by atoms with van der Waals surface area (Å²) in [5.41, 5.74) is 1.26. The number of aliphatic hydroxyl groups excluding tert-OH is 1. The van der Waals surface area contributed by atoms with Gasteiger partial charge in [0.2, 0.25) is 0 Å². The number of benzene rings is 3. The minimum Gasteiger partial charge on any atom is -0.390 e. The number of aliphatic hydroxyl groups is 1. The van der Waals surface area contributed by atoms with Crippen molar-refractivity contribution in [3.8, 4) is 0 Å². The van der Waals surface area contributed by atoms with Crippen molar-refractivity contribution in [3.05, 3.63) is 140 Å². The average Bonchev–Trinajstić information content (AvgIpc) is 3.28. The Kier molecular flexibility index (Phi) is 6.69. The van der Waals surface area contributed by atoms with Crippen molar-refractivity contribution in [2.75, 3.05) is 6.61 Å². The molecule has 1 saturated heterocycles. The Morgan fingerprint density at radius 3 is 1.92 bits per heavy atom. The lowest BCUT2D eigenvalue weighted by molar-refractivity contribution is -0.0944. The summed E-state index contributed by atoms with van der Waals surface area (Å²) >= 11 is 0. The predicted molar refractivity (Wildman–Crippen MR) is 136 cm³/mol. The number of aromatic nitrogens is 2. The fourth-order valence-corrected chi connectivity index (χ4v) is 4.81. The average molecular weight is 485 g/mol. The van der Waals surface area contributed by atoms with Crippen molar-refractivity contribution in [1.29, 1.82) is 0 Å². The highest BCUT2D eigenvalue weighted by Crippen LogP contribution is 2.41. The molecule has 0 bridgehead atoms. The SMILES string of the molecule is Cc1cn([C@@H]2C[C@@H](O)[C@H](COC(c3ccccc3)(c3ccccc3)c3ccccc3)O2)c(=O)[nH]c1=O. The largest absolute Gasteiger partial charge is 0.390 e. The summed E-state index contributed by atoms with van der Waals surface area (Å²) < 4.78 is 14.2. The fraction of sp³-hybridized carbons (Fsp3) is 0.241. The molecule has 1 fully saturated rings. The minimum atomic E-state index is -0.948. The van der Waals surface area contributed by atoms with Crippen molar-refractivity contribution in [2.24, 2.45) is 0 Å². The zero-order valence-corrected chi connectivity index (χ0v) is 19.9. The van der Waals surface area contributed by atoms with Gasteiger partial charge in [0.1, 0.15) is 17.9 Å². The smallest absolute Gasteiger partial charge is 0.330 e. The number of hydrogen-bond acceptors (Lipinski definition) is 5. The second-order valence-electron chi connectivity index (χ2n) is 9.00. The van der Waals surface area contributed by atoms with E-state index in [2.05, 4.69) is 4.98 Å². The van der Waals surface area contributed by atoms with Crippen LogP contribution in [0.25, 0.3) is 0 Å². The number of aryl methyl sites for hydroxylation is 1. The van der Waals surface area contributed by atoms with Gasteiger partial charge in [-0.05, 0) is 23.6 Å². The van der Waals surface area contributed by atoms with Crippen LogP contribution in [0.15, 0.2) is 107 Å². The highest BCUT2D eigenvalue weighted by molar-refractivity contribution is 5.47. The first kappa shape index (κ1) is 23.9. The van der Waals surface area contributed by atoms with Crippen LogP contribution in [0.5, 0.6) is 0 Å². The van der Waals surface area contributed by atoms with E-state index in [1.807, 2.05) is 91.0 Å². The number of ether oxygens (including phenoxy) is 2. The number of hydrogen-bond donors (Lipinski definition) is 2. The molecule has 0 radical (unpaired) electrons. The lowest BCUT2D eigenvalue weighted by Crippen LogP contribution is -2.38. The molecule has 0 spiro atoms. The van der Waals surface area contributed by atoms with E-state index in [0.717, 1.165) is 16.7 Å². The maximum atomic E-state index is 12.4. The van der Waals surface area contributed by atoms with Gasteiger partial charge >= 0.3 is 5.69 Å². The molecule has 3 atom stereocenters. The van der Waals surface area contributed by atoms with Gasteiger partial charge in [0, 0.05) is 18.2 Å². The summed E-state index contributed by atoms with van der Waals surface area (Å²) in [7, 11) is 0. The molecule has 1 aliphatic rings. The second kappa shape index (κ2) is 10.1. The van der Waals surface area contributed by atoms with Crippen molar-refractivity contribution in [1.82, 2.24) is 9.55 Å². The van der Waals surface area contributed by atoms with Gasteiger partial charge in [-0.1, -0.05) is 91.0 Å². The summed E-state index contributed by atoms with van der Waals surface area (Å²) in [6.07, 6.45) is -0.576. The van der Waals surface area contributed by atoms with Crippen LogP contribution in [0.3, 0.4) is 0 Å². The van der Waals surface area contributed by atoms with E-state index in [-0.39, 0.29) is 13.0 Å². The van der Waals surface area contributed by atoms with E-state index < -0.39 is 35.3 Å². The van der Waals surface area contributed by atoms with Crippen LogP contribution < -0.4 is 11.2 Å². The van der Waals surface area contributed by atoms with Crippen LogP contribution in [0.4, 0.5) is 0 Å². The molecule has 0 unspecified atom stereocenters. The summed E-state index contributed by atoms with van der Waals surface area (Å²) in [6.45, 7) is 1.70. The fourth-order valence-electron chi connectivity index (χ4n) is 4.81. The Morgan fingerprint density at radius 1 is 0.917 bits per heavy atom. The van der Waals surface area contributed by atoms with Gasteiger partial charge in [0.05, 0.1) is 12.7 Å². The first-order chi connectivity index (χ1) is 17.5. The third kappa shape index (κ3) is 4.44. The first-order valence-electron chi connectivity index (χ1n) is 11.9. The number of nitrogens with zero attached hydrogens (tertiary/aromatic N) is 1. The summed E-state index contributed by atoms with van der Waals surface area (Å²) in [5.74, 6) is 0. The molecule has 4 aromatic rings. The number of nitrogens with one attached hydrogen (secondary N) is 1. The van der Waals surface area contributed by atoms with Crippen molar-refractivity contribution >= 4 is 0 Å². The quantitative estimate of drug-likeness (QED) is 0.392. The van der Waals surface area contributed by atoms with E-state index >= 15 is 0 Å². The highest BCUT2D eigenvalue weighted by atomic mass is 16.6. The van der Waals surface area contributed by atoms with Crippen LogP contribution >= 0.6 is 0 Å². The molecular formula is C29H28N2O5. The van der Waals surface area contributed by atoms with Crippen LogP contribution in [0.1, 0.15) is 34.9 Å². The molecule has 2 heterocycles. The van der Waals surface area contributed by atoms with Crippen molar-refractivity contribution in [2.45, 2.75) is 37.4 Å². The normalized spacial score (nSPS) is 19.9. The van der Waals surface area contributed by atoms with Crippen LogP contribution in [0, 0.1) is 6.92 Å². The molecule has 5 rings (SSSR count). The molecule has 1 aromatic heterocycles. The molecule has 0 aliphatic carbocycles. The molecule has 3 aromatic carbocycles. The van der Waals surface area contributed by atoms with Gasteiger partial charge in [0.15, 0.2) is 0 Å². The number of rotatable bonds is 7. The van der Waals surface area contributed by atoms with Crippen LogP contribution in [-0.4, -0.2) is 33.5 Å². The minimum absolute atomic E-state index is 0.0768. The Balaban J connectivity index is 1.50. The Hall–Kier alpha value is -3.78. The zero-order chi connectivity index (χ0) is 25.1. The van der Waals surface area contributed by atoms with E-state index in [9.17, 15) is 14.7 Å². The van der Waals surface area contributed by atoms with E-state index in [1.165, 1.54) is 10.8 Å². The Morgan fingerprint density at radius 2 is 1.42 bits per heavy atom. The molecule has 1 aliphatic heterocycles. The molecular weight excluding hydrogens is 456 g/mol. The highest BCUT2D eigenvalue weighted by Gasteiger charge is 2.41. The van der Waals surface area contributed by atoms with Crippen LogP contribution in [0.2, 0.25) is 0 Å². The molecule has 184 valence electrons. The standard InChI is InChI=1S/C29H28N2O5/c1-20-18-31(28(34)30-27(20)33)26-17-24(32)25(36-26)19-35-29(21-11-5-2-6-12-21,22-13-7-3-8-14-22)23-15-9-4-10-16-23/h2-16,18,24-26,32H,17,19H2,1H3,(H,30,33,34)/t24-,25+,26+/m1/s1. The van der Waals surface area contributed by atoms with Gasteiger partial charge in [-0.2, -0.15) is 0 Å². The van der Waals surface area contributed by atoms with E-state index in [1.54, 1.807) is 6.92 Å². The summed E-state index contributed by atoms with van der Waals surface area (Å²) in [6, 6.07) is 29.9. The first-order valence-corrected chi connectivity index (χ1v) is 11.9. The third-order valence-corrected chi connectivity index (χ3v) is 6.67. The van der Waals surface area contributed by atoms with Crippen molar-refractivity contribution in [3.63, 3.8) is 0 Å². The molecule has 0 saturated carbocycles. The summed E-state index contributed by atoms with van der Waals surface area (Å²) in [4.78, 5) is 26.4. The maximum absolute atomic E-state index is 12.4. The van der Waals surface area contributed by atoms with Gasteiger partial charge in [0.25, 0.3) is 5.56 Å². The molecule has 2 N–H and O–H groups in total. The third-order valence-electron chi connectivity index (χ3n) is 6.67. The van der Waals surface area contributed by atoms with Crippen LogP contribution in [-0.2, 0) is 15.1 Å². The lowest BCUT2D eigenvalue weighted by Gasteiger charge is -2.37. The Bertz CT molecular complexity index is 1320. The van der Waals surface area contributed by atoms with E-state index in [0.29, 0.717) is 5.56 Å². The van der Waals surface area contributed by atoms with Gasteiger partial charge < -0.3 is 14.6 Å². The molecule has 7 heteroatoms. The Labute approximate surface area is 208 Å². The van der Waals surface area contributed by atoms with Gasteiger partial charge in [-0.15, -0.1) is 0 Å². The maximum Gasteiger partial charge on any atom is 0.330 e.